The molecule has 1 heterocycles. The number of likely N-dealkylation sites (tertiary alicyclic amines) is 1. The summed E-state index contributed by atoms with van der Waals surface area (Å²) in [5.74, 6) is 0.537. The quantitative estimate of drug-likeness (QED) is 0.650. The third-order valence-electron chi connectivity index (χ3n) is 3.04. The van der Waals surface area contributed by atoms with E-state index < -0.39 is 0 Å². The molecule has 2 unspecified atom stereocenters. The molecule has 2 rings (SSSR count). The number of hydrogen-bond acceptors (Lipinski definition) is 4. The molecule has 1 saturated heterocycles. The van der Waals surface area contributed by atoms with E-state index in [2.05, 4.69) is 4.90 Å². The first-order valence-corrected chi connectivity index (χ1v) is 5.20. The summed E-state index contributed by atoms with van der Waals surface area (Å²) in [6.45, 7) is 1.56. The molecule has 4 nitrogen and oxygen atoms in total. The van der Waals surface area contributed by atoms with Gasteiger partial charge in [0.05, 0.1) is 13.2 Å². The first-order valence-electron chi connectivity index (χ1n) is 5.20. The van der Waals surface area contributed by atoms with Crippen LogP contribution in [0.15, 0.2) is 0 Å². The van der Waals surface area contributed by atoms with Crippen molar-refractivity contribution in [2.24, 2.45) is 5.92 Å². The molecule has 1 aliphatic heterocycles. The van der Waals surface area contributed by atoms with Crippen LogP contribution in [0.2, 0.25) is 0 Å². The highest BCUT2D eigenvalue weighted by atomic mass is 16.5. The molecule has 1 saturated carbocycles. The third kappa shape index (κ3) is 2.07. The maximum atomic E-state index is 11.4. The standard InChI is InChI=1S/C10H17NO3/c1-14-10(13)9-4-8(12)6-11(9)5-7-2-3-7/h7-9,12H,2-6H2,1H3. The van der Waals surface area contributed by atoms with Crippen LogP contribution in [0.1, 0.15) is 19.3 Å². The van der Waals surface area contributed by atoms with Gasteiger partial charge in [-0.1, -0.05) is 0 Å². The van der Waals surface area contributed by atoms with E-state index in [1.165, 1.54) is 20.0 Å². The predicted octanol–water partition coefficient (Wildman–Crippen LogP) is 0.00460. The summed E-state index contributed by atoms with van der Waals surface area (Å²) in [6, 6.07) is -0.212. The van der Waals surface area contributed by atoms with Gasteiger partial charge in [-0.3, -0.25) is 9.69 Å². The van der Waals surface area contributed by atoms with E-state index in [-0.39, 0.29) is 18.1 Å². The topological polar surface area (TPSA) is 49.8 Å². The predicted molar refractivity (Wildman–Crippen MR) is 50.7 cm³/mol. The van der Waals surface area contributed by atoms with E-state index in [9.17, 15) is 9.90 Å². The fraction of sp³-hybridized carbons (Fsp3) is 0.900. The minimum absolute atomic E-state index is 0.206. The molecule has 4 heteroatoms. The lowest BCUT2D eigenvalue weighted by Gasteiger charge is -2.21. The molecule has 0 spiro atoms. The summed E-state index contributed by atoms with van der Waals surface area (Å²) in [5.41, 5.74) is 0. The fourth-order valence-corrected chi connectivity index (χ4v) is 2.09. The van der Waals surface area contributed by atoms with Crippen molar-refractivity contribution < 1.29 is 14.6 Å². The Bertz CT molecular complexity index is 227. The Kier molecular flexibility index (Phi) is 2.74. The third-order valence-corrected chi connectivity index (χ3v) is 3.04. The van der Waals surface area contributed by atoms with Crippen LogP contribution in [0.3, 0.4) is 0 Å². The summed E-state index contributed by atoms with van der Waals surface area (Å²) in [6.07, 6.45) is 2.69. The van der Waals surface area contributed by atoms with Gasteiger partial charge in [0.15, 0.2) is 0 Å². The van der Waals surface area contributed by atoms with E-state index in [1.807, 2.05) is 0 Å². The summed E-state index contributed by atoms with van der Waals surface area (Å²) in [4.78, 5) is 13.5. The molecule has 1 aliphatic carbocycles. The molecule has 0 aromatic rings. The maximum Gasteiger partial charge on any atom is 0.323 e. The van der Waals surface area contributed by atoms with Crippen molar-refractivity contribution >= 4 is 5.97 Å². The zero-order valence-electron chi connectivity index (χ0n) is 8.48. The molecule has 0 radical (unpaired) electrons. The number of esters is 1. The van der Waals surface area contributed by atoms with Crippen molar-refractivity contribution in [2.75, 3.05) is 20.2 Å². The molecule has 14 heavy (non-hydrogen) atoms. The lowest BCUT2D eigenvalue weighted by molar-refractivity contribution is -0.145. The number of methoxy groups -OCH3 is 1. The molecule has 0 amide bonds. The van der Waals surface area contributed by atoms with Crippen LogP contribution in [-0.2, 0) is 9.53 Å². The van der Waals surface area contributed by atoms with Crippen molar-refractivity contribution in [2.45, 2.75) is 31.4 Å². The smallest absolute Gasteiger partial charge is 0.323 e. The van der Waals surface area contributed by atoms with Gasteiger partial charge < -0.3 is 9.84 Å². The average molecular weight is 199 g/mol. The first kappa shape index (κ1) is 9.93. The number of aliphatic hydroxyl groups is 1. The molecule has 1 N–H and O–H groups in total. The highest BCUT2D eigenvalue weighted by molar-refractivity contribution is 5.76. The minimum Gasteiger partial charge on any atom is -0.468 e. The van der Waals surface area contributed by atoms with Gasteiger partial charge in [0.2, 0.25) is 0 Å². The Balaban J connectivity index is 1.93. The van der Waals surface area contributed by atoms with Gasteiger partial charge in [0, 0.05) is 19.5 Å². The Hall–Kier alpha value is -0.610. The lowest BCUT2D eigenvalue weighted by atomic mass is 10.2. The van der Waals surface area contributed by atoms with Crippen LogP contribution >= 0.6 is 0 Å². The van der Waals surface area contributed by atoms with Crippen molar-refractivity contribution in [3.05, 3.63) is 0 Å². The van der Waals surface area contributed by atoms with E-state index in [0.29, 0.717) is 13.0 Å². The molecule has 0 aromatic carbocycles. The molecule has 2 fully saturated rings. The van der Waals surface area contributed by atoms with Gasteiger partial charge in [-0.15, -0.1) is 0 Å². The average Bonchev–Trinajstić information content (AvgIpc) is 2.89. The molecule has 2 aliphatic rings. The monoisotopic (exact) mass is 199 g/mol. The zero-order chi connectivity index (χ0) is 10.1. The molecule has 0 bridgehead atoms. The number of nitrogens with zero attached hydrogens (tertiary/aromatic N) is 1. The fourth-order valence-electron chi connectivity index (χ4n) is 2.09. The lowest BCUT2D eigenvalue weighted by Crippen LogP contribution is -2.38. The van der Waals surface area contributed by atoms with Crippen LogP contribution in [0.4, 0.5) is 0 Å². The van der Waals surface area contributed by atoms with Crippen molar-refractivity contribution in [1.29, 1.82) is 0 Å². The summed E-state index contributed by atoms with van der Waals surface area (Å²) in [7, 11) is 1.41. The van der Waals surface area contributed by atoms with E-state index >= 15 is 0 Å². The summed E-state index contributed by atoms with van der Waals surface area (Å²) >= 11 is 0. The number of β-amino-alcohol motifs (C(OH)–C–C–N with tert-alkyl or cyclic N) is 1. The highest BCUT2D eigenvalue weighted by Crippen LogP contribution is 2.32. The van der Waals surface area contributed by atoms with Crippen LogP contribution in [0.5, 0.6) is 0 Å². The second kappa shape index (κ2) is 3.87. The SMILES string of the molecule is COC(=O)C1CC(O)CN1CC1CC1. The molecule has 0 aromatic heterocycles. The zero-order valence-corrected chi connectivity index (χ0v) is 8.48. The van der Waals surface area contributed by atoms with Crippen LogP contribution in [-0.4, -0.2) is 48.3 Å². The molecule has 80 valence electrons. The van der Waals surface area contributed by atoms with Crippen LogP contribution in [0, 0.1) is 5.92 Å². The second-order valence-corrected chi connectivity index (χ2v) is 4.33. The van der Waals surface area contributed by atoms with Crippen molar-refractivity contribution in [3.63, 3.8) is 0 Å². The Morgan fingerprint density at radius 2 is 2.29 bits per heavy atom. The highest BCUT2D eigenvalue weighted by Gasteiger charge is 2.39. The Morgan fingerprint density at radius 1 is 1.57 bits per heavy atom. The maximum absolute atomic E-state index is 11.4. The number of aliphatic hydroxyl groups excluding tert-OH is 1. The molecule has 2 atom stereocenters. The van der Waals surface area contributed by atoms with Crippen LogP contribution < -0.4 is 0 Å². The van der Waals surface area contributed by atoms with Gasteiger partial charge >= 0.3 is 5.97 Å². The van der Waals surface area contributed by atoms with Gasteiger partial charge in [-0.05, 0) is 18.8 Å². The van der Waals surface area contributed by atoms with E-state index in [4.69, 9.17) is 4.74 Å². The molecular weight excluding hydrogens is 182 g/mol. The van der Waals surface area contributed by atoms with E-state index in [0.717, 1.165) is 12.5 Å². The van der Waals surface area contributed by atoms with Gasteiger partial charge in [-0.2, -0.15) is 0 Å². The Morgan fingerprint density at radius 3 is 2.86 bits per heavy atom. The Labute approximate surface area is 83.8 Å². The number of carbonyl (C=O) groups excluding carboxylic acids is 1. The number of ether oxygens (including phenoxy) is 1. The van der Waals surface area contributed by atoms with Crippen molar-refractivity contribution in [1.82, 2.24) is 4.90 Å². The van der Waals surface area contributed by atoms with Gasteiger partial charge in [0.25, 0.3) is 0 Å². The minimum atomic E-state index is -0.363. The number of hydrogen-bond donors (Lipinski definition) is 1. The first-order chi connectivity index (χ1) is 6.70. The normalized spacial score (nSPS) is 33.3. The largest absolute Gasteiger partial charge is 0.468 e. The number of carbonyl (C=O) groups is 1. The second-order valence-electron chi connectivity index (χ2n) is 4.33. The van der Waals surface area contributed by atoms with Crippen molar-refractivity contribution in [3.8, 4) is 0 Å². The molecular formula is C10H17NO3. The van der Waals surface area contributed by atoms with Gasteiger partial charge in [0.1, 0.15) is 6.04 Å². The summed E-state index contributed by atoms with van der Waals surface area (Å²) in [5, 5.41) is 9.50. The van der Waals surface area contributed by atoms with Crippen LogP contribution in [0.25, 0.3) is 0 Å². The number of rotatable bonds is 3. The van der Waals surface area contributed by atoms with Gasteiger partial charge in [-0.25, -0.2) is 0 Å². The summed E-state index contributed by atoms with van der Waals surface area (Å²) < 4.78 is 4.72. The van der Waals surface area contributed by atoms with E-state index in [1.54, 1.807) is 0 Å².